The Balaban J connectivity index is 2.09. The average molecular weight is 234 g/mol. The highest BCUT2D eigenvalue weighted by Gasteiger charge is 2.08. The summed E-state index contributed by atoms with van der Waals surface area (Å²) in [5, 5.41) is 3.17. The van der Waals surface area contributed by atoms with E-state index in [1.165, 1.54) is 0 Å². The van der Waals surface area contributed by atoms with Crippen LogP contribution in [0.25, 0.3) is 11.1 Å². The first kappa shape index (κ1) is 11.7. The van der Waals surface area contributed by atoms with Crippen LogP contribution < -0.4 is 11.1 Å². The standard InChI is InChI=1S/C12H18N4O/c1-8(16(2)3)7-14-12-15-10-5-4-9(13)6-11(10)17-12/h4-6,8H,7,13H2,1-3H3,(H,14,15). The van der Waals surface area contributed by atoms with Crippen molar-refractivity contribution in [2.24, 2.45) is 0 Å². The number of fused-ring (bicyclic) bond motifs is 1. The van der Waals surface area contributed by atoms with Gasteiger partial charge in [-0.3, -0.25) is 0 Å². The van der Waals surface area contributed by atoms with Crippen LogP contribution in [-0.2, 0) is 0 Å². The van der Waals surface area contributed by atoms with Crippen molar-refractivity contribution in [1.29, 1.82) is 0 Å². The Morgan fingerprint density at radius 1 is 1.47 bits per heavy atom. The molecule has 17 heavy (non-hydrogen) atoms. The van der Waals surface area contributed by atoms with Crippen molar-refractivity contribution in [1.82, 2.24) is 9.88 Å². The average Bonchev–Trinajstić information content (AvgIpc) is 2.67. The Bertz CT molecular complexity index is 506. The molecule has 0 saturated heterocycles. The number of nitrogens with two attached hydrogens (primary N) is 1. The number of aromatic nitrogens is 1. The van der Waals surface area contributed by atoms with Crippen LogP contribution in [0.2, 0.25) is 0 Å². The number of anilines is 2. The topological polar surface area (TPSA) is 67.3 Å². The second-order valence-electron chi connectivity index (χ2n) is 4.44. The molecule has 5 heteroatoms. The number of oxazole rings is 1. The minimum atomic E-state index is 0.412. The van der Waals surface area contributed by atoms with E-state index in [9.17, 15) is 0 Å². The van der Waals surface area contributed by atoms with Gasteiger partial charge in [0.2, 0.25) is 0 Å². The lowest BCUT2D eigenvalue weighted by Crippen LogP contribution is -2.31. The molecule has 5 nitrogen and oxygen atoms in total. The minimum Gasteiger partial charge on any atom is -0.423 e. The van der Waals surface area contributed by atoms with Crippen LogP contribution >= 0.6 is 0 Å². The summed E-state index contributed by atoms with van der Waals surface area (Å²) in [4.78, 5) is 6.47. The van der Waals surface area contributed by atoms with E-state index in [1.54, 1.807) is 6.07 Å². The van der Waals surface area contributed by atoms with Gasteiger partial charge in [0.25, 0.3) is 6.01 Å². The molecule has 0 saturated carbocycles. The summed E-state index contributed by atoms with van der Waals surface area (Å²) in [5.74, 6) is 0. The second-order valence-corrected chi connectivity index (χ2v) is 4.44. The fourth-order valence-corrected chi connectivity index (χ4v) is 1.43. The predicted molar refractivity (Wildman–Crippen MR) is 70.1 cm³/mol. The summed E-state index contributed by atoms with van der Waals surface area (Å²) in [6.45, 7) is 2.92. The number of benzene rings is 1. The van der Waals surface area contributed by atoms with Gasteiger partial charge in [-0.1, -0.05) is 0 Å². The Morgan fingerprint density at radius 2 is 2.24 bits per heavy atom. The first-order valence-electron chi connectivity index (χ1n) is 5.62. The van der Waals surface area contributed by atoms with Gasteiger partial charge < -0.3 is 20.4 Å². The monoisotopic (exact) mass is 234 g/mol. The number of likely N-dealkylation sites (N-methyl/N-ethyl adjacent to an activating group) is 1. The van der Waals surface area contributed by atoms with Gasteiger partial charge in [0.05, 0.1) is 0 Å². The van der Waals surface area contributed by atoms with Crippen LogP contribution in [0.1, 0.15) is 6.92 Å². The molecule has 2 aromatic rings. The second kappa shape index (κ2) is 4.63. The summed E-state index contributed by atoms with van der Waals surface area (Å²) in [6, 6.07) is 6.41. The van der Waals surface area contributed by atoms with Gasteiger partial charge in [-0.15, -0.1) is 0 Å². The molecule has 0 radical (unpaired) electrons. The van der Waals surface area contributed by atoms with Crippen molar-refractivity contribution in [3.8, 4) is 0 Å². The minimum absolute atomic E-state index is 0.412. The van der Waals surface area contributed by atoms with Crippen LogP contribution in [0.5, 0.6) is 0 Å². The largest absolute Gasteiger partial charge is 0.423 e. The van der Waals surface area contributed by atoms with Gasteiger partial charge in [-0.05, 0) is 33.2 Å². The molecule has 1 atom stereocenters. The Hall–Kier alpha value is -1.75. The van der Waals surface area contributed by atoms with Crippen LogP contribution in [0.4, 0.5) is 11.7 Å². The Labute approximate surface area is 101 Å². The number of rotatable bonds is 4. The van der Waals surface area contributed by atoms with Gasteiger partial charge in [0, 0.05) is 24.3 Å². The number of nitrogens with one attached hydrogen (secondary N) is 1. The van der Waals surface area contributed by atoms with Gasteiger partial charge in [-0.25, -0.2) is 0 Å². The zero-order valence-electron chi connectivity index (χ0n) is 10.4. The van der Waals surface area contributed by atoms with E-state index in [0.29, 0.717) is 23.3 Å². The molecule has 2 rings (SSSR count). The van der Waals surface area contributed by atoms with Gasteiger partial charge in [0.1, 0.15) is 5.52 Å². The third kappa shape index (κ3) is 2.68. The van der Waals surface area contributed by atoms with E-state index in [2.05, 4.69) is 22.1 Å². The van der Waals surface area contributed by atoms with Gasteiger partial charge in [0.15, 0.2) is 5.58 Å². The van der Waals surface area contributed by atoms with Crippen molar-refractivity contribution < 1.29 is 4.42 Å². The van der Waals surface area contributed by atoms with Crippen LogP contribution in [-0.4, -0.2) is 36.6 Å². The number of hydrogen-bond acceptors (Lipinski definition) is 5. The lowest BCUT2D eigenvalue weighted by Gasteiger charge is -2.19. The lowest BCUT2D eigenvalue weighted by atomic mass is 10.3. The summed E-state index contributed by atoms with van der Waals surface area (Å²) in [5.41, 5.74) is 7.89. The zero-order chi connectivity index (χ0) is 12.4. The maximum atomic E-state index is 5.68. The number of nitrogen functional groups attached to an aromatic ring is 1. The van der Waals surface area contributed by atoms with Crippen molar-refractivity contribution in [2.45, 2.75) is 13.0 Å². The quantitative estimate of drug-likeness (QED) is 0.789. The van der Waals surface area contributed by atoms with E-state index in [-0.39, 0.29) is 0 Å². The summed E-state index contributed by atoms with van der Waals surface area (Å²) >= 11 is 0. The normalized spacial score (nSPS) is 13.2. The molecule has 0 spiro atoms. The molecular weight excluding hydrogens is 216 g/mol. The van der Waals surface area contributed by atoms with E-state index in [1.807, 2.05) is 26.2 Å². The van der Waals surface area contributed by atoms with Crippen molar-refractivity contribution in [3.05, 3.63) is 18.2 Å². The first-order chi connectivity index (χ1) is 8.06. The highest BCUT2D eigenvalue weighted by molar-refractivity contribution is 5.78. The number of nitrogens with zero attached hydrogens (tertiary/aromatic N) is 2. The van der Waals surface area contributed by atoms with E-state index in [4.69, 9.17) is 10.2 Å². The highest BCUT2D eigenvalue weighted by atomic mass is 16.4. The summed E-state index contributed by atoms with van der Waals surface area (Å²) in [7, 11) is 4.08. The summed E-state index contributed by atoms with van der Waals surface area (Å²) < 4.78 is 5.56. The third-order valence-electron chi connectivity index (χ3n) is 2.84. The van der Waals surface area contributed by atoms with Crippen molar-refractivity contribution >= 4 is 22.8 Å². The first-order valence-corrected chi connectivity index (χ1v) is 5.62. The van der Waals surface area contributed by atoms with E-state index in [0.717, 1.165) is 12.1 Å². The molecule has 0 aliphatic carbocycles. The molecule has 1 aromatic heterocycles. The third-order valence-corrected chi connectivity index (χ3v) is 2.84. The molecule has 92 valence electrons. The fraction of sp³-hybridized carbons (Fsp3) is 0.417. The molecule has 0 aliphatic rings. The van der Waals surface area contributed by atoms with Crippen LogP contribution in [0.15, 0.2) is 22.6 Å². The molecule has 0 bridgehead atoms. The van der Waals surface area contributed by atoms with Gasteiger partial charge in [-0.2, -0.15) is 4.98 Å². The molecule has 0 aliphatic heterocycles. The smallest absolute Gasteiger partial charge is 0.295 e. The maximum Gasteiger partial charge on any atom is 0.295 e. The maximum absolute atomic E-state index is 5.68. The van der Waals surface area contributed by atoms with E-state index >= 15 is 0 Å². The zero-order valence-corrected chi connectivity index (χ0v) is 10.4. The molecule has 1 aromatic carbocycles. The fourth-order valence-electron chi connectivity index (χ4n) is 1.43. The van der Waals surface area contributed by atoms with Gasteiger partial charge >= 0.3 is 0 Å². The lowest BCUT2D eigenvalue weighted by molar-refractivity contribution is 0.324. The van der Waals surface area contributed by atoms with Crippen molar-refractivity contribution in [2.75, 3.05) is 31.7 Å². The summed E-state index contributed by atoms with van der Waals surface area (Å²) in [6.07, 6.45) is 0. The predicted octanol–water partition coefficient (Wildman–Crippen LogP) is 1.77. The molecule has 1 unspecified atom stereocenters. The SMILES string of the molecule is CC(CNc1nc2ccc(N)cc2o1)N(C)C. The van der Waals surface area contributed by atoms with Crippen LogP contribution in [0.3, 0.4) is 0 Å². The highest BCUT2D eigenvalue weighted by Crippen LogP contribution is 2.20. The molecule has 0 amide bonds. The molecule has 0 fully saturated rings. The Kier molecular flexibility index (Phi) is 3.19. The number of hydrogen-bond donors (Lipinski definition) is 2. The molecule has 1 heterocycles. The molecular formula is C12H18N4O. The van der Waals surface area contributed by atoms with Crippen LogP contribution in [0, 0.1) is 0 Å². The molecule has 3 N–H and O–H groups in total. The van der Waals surface area contributed by atoms with E-state index < -0.39 is 0 Å². The Morgan fingerprint density at radius 3 is 2.94 bits per heavy atom. The van der Waals surface area contributed by atoms with Crippen molar-refractivity contribution in [3.63, 3.8) is 0 Å².